The van der Waals surface area contributed by atoms with Crippen molar-refractivity contribution < 1.29 is 28.7 Å². The summed E-state index contributed by atoms with van der Waals surface area (Å²) < 4.78 is 16.2. The van der Waals surface area contributed by atoms with Crippen LogP contribution < -0.4 is 4.65 Å². The van der Waals surface area contributed by atoms with Crippen LogP contribution in [0, 0.1) is 11.8 Å². The molecule has 1 fully saturated rings. The molecule has 1 saturated heterocycles. The minimum Gasteiger partial charge on any atom is -0.537 e. The highest BCUT2D eigenvalue weighted by Gasteiger charge is 2.39. The van der Waals surface area contributed by atoms with Crippen LogP contribution in [-0.4, -0.2) is 54.0 Å². The summed E-state index contributed by atoms with van der Waals surface area (Å²) in [7, 11) is 0.625. The number of hydrogen-bond donors (Lipinski definition) is 1. The summed E-state index contributed by atoms with van der Waals surface area (Å²) in [5, 5.41) is 8.87. The molecule has 0 aliphatic carbocycles. The summed E-state index contributed by atoms with van der Waals surface area (Å²) in [6.07, 6.45) is 0.788. The second kappa shape index (κ2) is 9.73. The summed E-state index contributed by atoms with van der Waals surface area (Å²) in [5.74, 6) is -0.246. The van der Waals surface area contributed by atoms with Gasteiger partial charge >= 0.3 is 19.7 Å². The Labute approximate surface area is 180 Å². The smallest absolute Gasteiger partial charge is 0.537 e. The van der Waals surface area contributed by atoms with Gasteiger partial charge in [-0.15, -0.1) is 0 Å². The van der Waals surface area contributed by atoms with Crippen LogP contribution in [0.2, 0.25) is 0 Å². The Hall–Kier alpha value is -2.22. The van der Waals surface area contributed by atoms with Gasteiger partial charge in [0, 0.05) is 13.1 Å². The molecule has 1 N–H and O–H groups in total. The van der Waals surface area contributed by atoms with E-state index in [2.05, 4.69) is 0 Å². The number of carbonyl (C=O) groups excluding carboxylic acids is 2. The lowest BCUT2D eigenvalue weighted by molar-refractivity contribution is -0.161. The maximum atomic E-state index is 13.0. The van der Waals surface area contributed by atoms with E-state index in [9.17, 15) is 9.59 Å². The van der Waals surface area contributed by atoms with Crippen LogP contribution in [0.25, 0.3) is 0 Å². The Morgan fingerprint density at radius 2 is 1.83 bits per heavy atom. The first-order chi connectivity index (χ1) is 13.9. The Balaban J connectivity index is 2.17. The highest BCUT2D eigenvalue weighted by atomic mass is 16.6. The topological polar surface area (TPSA) is 85.3 Å². The predicted octanol–water partition coefficient (Wildman–Crippen LogP) is 3.35. The Kier molecular flexibility index (Phi) is 7.80. The van der Waals surface area contributed by atoms with E-state index in [-0.39, 0.29) is 18.0 Å². The average Bonchev–Trinajstić information content (AvgIpc) is 3.07. The minimum absolute atomic E-state index is 0.0404. The maximum absolute atomic E-state index is 13.0. The summed E-state index contributed by atoms with van der Waals surface area (Å²) in [5.41, 5.74) is -0.277. The molecule has 0 bridgehead atoms. The molecule has 2 rings (SSSR count). The fraction of sp³-hybridized carbons (Fsp3) is 0.636. The van der Waals surface area contributed by atoms with Gasteiger partial charge in [-0.25, -0.2) is 4.79 Å². The molecule has 0 spiro atoms. The zero-order chi connectivity index (χ0) is 22.5. The maximum Gasteiger partial charge on any atom is 0.569 e. The van der Waals surface area contributed by atoms with Crippen LogP contribution in [0.4, 0.5) is 4.79 Å². The van der Waals surface area contributed by atoms with Crippen molar-refractivity contribution in [2.75, 3.05) is 13.1 Å². The fourth-order valence-corrected chi connectivity index (χ4v) is 3.49. The molecule has 7 nitrogen and oxygen atoms in total. The van der Waals surface area contributed by atoms with Crippen molar-refractivity contribution in [1.82, 2.24) is 4.90 Å². The molecular formula is C22H33BNO6. The van der Waals surface area contributed by atoms with Crippen LogP contribution in [-0.2, 0) is 20.7 Å². The van der Waals surface area contributed by atoms with Crippen molar-refractivity contribution >= 4 is 19.7 Å². The SMILES string of the molecule is CC(C)(C)OC(=O)[C@@H](Cc1cccc(O[B]O)c1)[C@H]1CCN(C(=O)OC(C)(C)C)C1. The Morgan fingerprint density at radius 3 is 2.43 bits per heavy atom. The second-order valence-electron chi connectivity index (χ2n) is 9.69. The number of likely N-dealkylation sites (tertiary alicyclic amines) is 1. The van der Waals surface area contributed by atoms with Gasteiger partial charge in [0.15, 0.2) is 0 Å². The van der Waals surface area contributed by atoms with Crippen molar-refractivity contribution in [3.63, 3.8) is 0 Å². The van der Waals surface area contributed by atoms with Gasteiger partial charge in [0.1, 0.15) is 17.0 Å². The van der Waals surface area contributed by atoms with Crippen LogP contribution >= 0.6 is 0 Å². The number of benzene rings is 1. The predicted molar refractivity (Wildman–Crippen MR) is 114 cm³/mol. The van der Waals surface area contributed by atoms with Crippen LogP contribution in [0.5, 0.6) is 5.75 Å². The van der Waals surface area contributed by atoms with Crippen LogP contribution in [0.15, 0.2) is 24.3 Å². The van der Waals surface area contributed by atoms with Crippen molar-refractivity contribution in [1.29, 1.82) is 0 Å². The van der Waals surface area contributed by atoms with Gasteiger partial charge in [0.05, 0.1) is 5.92 Å². The molecule has 2 atom stereocenters. The van der Waals surface area contributed by atoms with Crippen LogP contribution in [0.3, 0.4) is 0 Å². The number of amides is 1. The molecule has 0 aromatic heterocycles. The number of hydrogen-bond acceptors (Lipinski definition) is 6. The van der Waals surface area contributed by atoms with Crippen molar-refractivity contribution in [3.05, 3.63) is 29.8 Å². The molecule has 1 aliphatic rings. The third kappa shape index (κ3) is 7.56. The van der Waals surface area contributed by atoms with E-state index < -0.39 is 17.1 Å². The first-order valence-electron chi connectivity index (χ1n) is 10.3. The quantitative estimate of drug-likeness (QED) is 0.564. The van der Waals surface area contributed by atoms with Gasteiger partial charge in [-0.05, 0) is 78.0 Å². The third-order valence-electron chi connectivity index (χ3n) is 4.70. The lowest BCUT2D eigenvalue weighted by Crippen LogP contribution is -2.38. The first kappa shape index (κ1) is 24.1. The number of esters is 1. The zero-order valence-electron chi connectivity index (χ0n) is 18.8. The monoisotopic (exact) mass is 418 g/mol. The molecule has 0 saturated carbocycles. The molecule has 1 aromatic rings. The highest BCUT2D eigenvalue weighted by molar-refractivity contribution is 6.17. The molecule has 1 aliphatic heterocycles. The highest BCUT2D eigenvalue weighted by Crippen LogP contribution is 2.31. The molecule has 1 heterocycles. The van der Waals surface area contributed by atoms with E-state index in [1.165, 1.54) is 0 Å². The van der Waals surface area contributed by atoms with Gasteiger partial charge in [0.2, 0.25) is 0 Å². The van der Waals surface area contributed by atoms with Gasteiger partial charge in [-0.1, -0.05) is 12.1 Å². The van der Waals surface area contributed by atoms with Crippen molar-refractivity contribution in [2.45, 2.75) is 65.6 Å². The normalized spacial score (nSPS) is 18.0. The third-order valence-corrected chi connectivity index (χ3v) is 4.70. The van der Waals surface area contributed by atoms with Gasteiger partial charge in [-0.2, -0.15) is 0 Å². The fourth-order valence-electron chi connectivity index (χ4n) is 3.49. The largest absolute Gasteiger partial charge is 0.569 e. The molecule has 8 heteroatoms. The minimum atomic E-state index is -0.602. The summed E-state index contributed by atoms with van der Waals surface area (Å²) in [6, 6.07) is 7.22. The Morgan fingerprint density at radius 1 is 1.17 bits per heavy atom. The molecule has 165 valence electrons. The van der Waals surface area contributed by atoms with Crippen molar-refractivity contribution in [3.8, 4) is 5.75 Å². The van der Waals surface area contributed by atoms with E-state index in [1.54, 1.807) is 17.0 Å². The first-order valence-corrected chi connectivity index (χ1v) is 10.3. The average molecular weight is 418 g/mol. The molecule has 1 aromatic carbocycles. The Bertz CT molecular complexity index is 740. The molecular weight excluding hydrogens is 385 g/mol. The van der Waals surface area contributed by atoms with E-state index in [1.807, 2.05) is 53.7 Å². The molecule has 1 radical (unpaired) electrons. The molecule has 1 amide bonds. The lowest BCUT2D eigenvalue weighted by Gasteiger charge is -2.28. The summed E-state index contributed by atoms with van der Waals surface area (Å²) >= 11 is 0. The standard InChI is InChI=1S/C22H33BNO6/c1-21(2,3)28-19(25)18(13-15-8-7-9-17(12-15)30-23-27)16-10-11-24(14-16)20(26)29-22(4,5)6/h7-9,12,16,18,27H,10-11,13-14H2,1-6H3/t16-,18-/m0/s1. The number of carbonyl (C=O) groups is 2. The van der Waals surface area contributed by atoms with Crippen LogP contribution in [0.1, 0.15) is 53.5 Å². The lowest BCUT2D eigenvalue weighted by atomic mass is 9.86. The molecule has 30 heavy (non-hydrogen) atoms. The van der Waals surface area contributed by atoms with E-state index >= 15 is 0 Å². The number of ether oxygens (including phenoxy) is 2. The number of rotatable bonds is 6. The van der Waals surface area contributed by atoms with Gasteiger partial charge in [-0.3, -0.25) is 4.79 Å². The van der Waals surface area contributed by atoms with E-state index in [0.717, 1.165) is 5.56 Å². The zero-order valence-corrected chi connectivity index (χ0v) is 18.8. The van der Waals surface area contributed by atoms with Crippen molar-refractivity contribution in [2.24, 2.45) is 11.8 Å². The van der Waals surface area contributed by atoms with E-state index in [0.29, 0.717) is 39.4 Å². The summed E-state index contributed by atoms with van der Waals surface area (Å²) in [4.78, 5) is 27.1. The van der Waals surface area contributed by atoms with E-state index in [4.69, 9.17) is 19.2 Å². The van der Waals surface area contributed by atoms with Gasteiger partial charge in [0.25, 0.3) is 0 Å². The second-order valence-corrected chi connectivity index (χ2v) is 9.69. The molecule has 0 unspecified atom stereocenters. The van der Waals surface area contributed by atoms with Gasteiger partial charge < -0.3 is 24.1 Å². The summed E-state index contributed by atoms with van der Waals surface area (Å²) in [6.45, 7) is 12.0. The number of nitrogens with zero attached hydrogens (tertiary/aromatic N) is 1.